The van der Waals surface area contributed by atoms with Crippen LogP contribution in [0.15, 0.2) is 48.5 Å². The second kappa shape index (κ2) is 7.68. The number of nitrogens with one attached hydrogen (secondary N) is 2. The molecule has 1 aromatic carbocycles. The summed E-state index contributed by atoms with van der Waals surface area (Å²) in [4.78, 5) is 16.0. The molecule has 5 nitrogen and oxygen atoms in total. The summed E-state index contributed by atoms with van der Waals surface area (Å²) < 4.78 is 0. The van der Waals surface area contributed by atoms with Gasteiger partial charge in [0, 0.05) is 12.1 Å². The lowest BCUT2D eigenvalue weighted by Crippen LogP contribution is -2.20. The van der Waals surface area contributed by atoms with Crippen LogP contribution in [-0.4, -0.2) is 22.7 Å². The first-order valence-corrected chi connectivity index (χ1v) is 6.48. The van der Waals surface area contributed by atoms with Crippen molar-refractivity contribution in [2.75, 3.05) is 17.2 Å². The van der Waals surface area contributed by atoms with E-state index < -0.39 is 0 Å². The average Bonchev–Trinajstić information content (AvgIpc) is 2.49. The number of para-hydroxylation sites is 1. The van der Waals surface area contributed by atoms with Gasteiger partial charge in [0.05, 0.1) is 6.61 Å². The fourth-order valence-electron chi connectivity index (χ4n) is 1.58. The molecule has 0 fully saturated rings. The maximum Gasteiger partial charge on any atom is 0.324 e. The Kier molecular flexibility index (Phi) is 5.33. The highest BCUT2D eigenvalue weighted by Crippen LogP contribution is 2.08. The molecule has 0 aliphatic heterocycles. The molecule has 21 heavy (non-hydrogen) atoms. The summed E-state index contributed by atoms with van der Waals surface area (Å²) in [5.41, 5.74) is 1.25. The number of aliphatic hydroxyl groups is 1. The molecular weight excluding hydrogens is 266 g/mol. The van der Waals surface area contributed by atoms with Crippen molar-refractivity contribution in [2.24, 2.45) is 0 Å². The summed E-state index contributed by atoms with van der Waals surface area (Å²) in [7, 11) is 0. The average molecular weight is 281 g/mol. The molecule has 2 amide bonds. The minimum Gasteiger partial charge on any atom is -0.395 e. The Morgan fingerprint density at radius 3 is 2.67 bits per heavy atom. The molecule has 0 saturated carbocycles. The van der Waals surface area contributed by atoms with Gasteiger partial charge in [-0.1, -0.05) is 30.2 Å². The zero-order valence-corrected chi connectivity index (χ0v) is 11.3. The van der Waals surface area contributed by atoms with Gasteiger partial charge in [0.15, 0.2) is 0 Å². The Bertz CT molecular complexity index is 660. The van der Waals surface area contributed by atoms with Crippen LogP contribution in [-0.2, 0) is 0 Å². The number of carbonyl (C=O) groups excluding carboxylic acids is 1. The van der Waals surface area contributed by atoms with E-state index in [0.717, 1.165) is 0 Å². The lowest BCUT2D eigenvalue weighted by atomic mass is 10.3. The number of hydrogen-bond donors (Lipinski definition) is 3. The maximum atomic E-state index is 11.8. The molecule has 106 valence electrons. The third kappa shape index (κ3) is 4.97. The van der Waals surface area contributed by atoms with E-state index in [1.807, 2.05) is 18.2 Å². The van der Waals surface area contributed by atoms with Crippen molar-refractivity contribution >= 4 is 17.5 Å². The third-order valence-corrected chi connectivity index (χ3v) is 2.48. The van der Waals surface area contributed by atoms with E-state index >= 15 is 0 Å². The second-order valence-corrected chi connectivity index (χ2v) is 4.13. The van der Waals surface area contributed by atoms with Crippen molar-refractivity contribution in [2.45, 2.75) is 6.42 Å². The topological polar surface area (TPSA) is 74.2 Å². The number of urea groups is 1. The van der Waals surface area contributed by atoms with Gasteiger partial charge in [-0.05, 0) is 30.2 Å². The Morgan fingerprint density at radius 1 is 1.10 bits per heavy atom. The minimum absolute atomic E-state index is 0.0183. The van der Waals surface area contributed by atoms with Gasteiger partial charge < -0.3 is 10.4 Å². The smallest absolute Gasteiger partial charge is 0.324 e. The van der Waals surface area contributed by atoms with Crippen LogP contribution in [0, 0.1) is 11.8 Å². The first kappa shape index (κ1) is 14.6. The molecule has 2 aromatic rings. The Hall–Kier alpha value is -2.84. The summed E-state index contributed by atoms with van der Waals surface area (Å²) in [6.07, 6.45) is 0.397. The normalized spacial score (nSPS) is 9.38. The van der Waals surface area contributed by atoms with Crippen LogP contribution >= 0.6 is 0 Å². The van der Waals surface area contributed by atoms with Gasteiger partial charge >= 0.3 is 6.03 Å². The predicted octanol–water partition coefficient (Wildman–Crippen LogP) is 2.46. The van der Waals surface area contributed by atoms with E-state index in [-0.39, 0.29) is 12.6 Å². The molecule has 1 heterocycles. The minimum atomic E-state index is -0.367. The van der Waals surface area contributed by atoms with Crippen LogP contribution in [0.1, 0.15) is 12.1 Å². The summed E-state index contributed by atoms with van der Waals surface area (Å²) in [6.45, 7) is 0.0183. The van der Waals surface area contributed by atoms with Crippen LogP contribution in [0.3, 0.4) is 0 Å². The molecule has 0 aliphatic rings. The molecule has 0 bridgehead atoms. The summed E-state index contributed by atoms with van der Waals surface area (Å²) in [6, 6.07) is 14.0. The number of benzene rings is 1. The lowest BCUT2D eigenvalue weighted by Gasteiger charge is -2.06. The Labute approximate surface area is 123 Å². The molecule has 0 aliphatic carbocycles. The number of carbonyl (C=O) groups is 1. The van der Waals surface area contributed by atoms with Crippen molar-refractivity contribution in [3.8, 4) is 11.8 Å². The fraction of sp³-hybridized carbons (Fsp3) is 0.125. The van der Waals surface area contributed by atoms with Crippen LogP contribution < -0.4 is 10.6 Å². The van der Waals surface area contributed by atoms with E-state index in [1.54, 1.807) is 30.3 Å². The highest BCUT2D eigenvalue weighted by atomic mass is 16.2. The maximum absolute atomic E-state index is 11.8. The fourth-order valence-corrected chi connectivity index (χ4v) is 1.58. The van der Waals surface area contributed by atoms with Crippen molar-refractivity contribution in [3.05, 3.63) is 54.2 Å². The zero-order chi connectivity index (χ0) is 14.9. The van der Waals surface area contributed by atoms with E-state index in [2.05, 4.69) is 27.5 Å². The first-order chi connectivity index (χ1) is 10.3. The van der Waals surface area contributed by atoms with E-state index in [1.165, 1.54) is 0 Å². The number of anilines is 2. The highest BCUT2D eigenvalue weighted by Gasteiger charge is 2.03. The van der Waals surface area contributed by atoms with E-state index in [9.17, 15) is 4.79 Å². The van der Waals surface area contributed by atoms with Crippen molar-refractivity contribution in [1.29, 1.82) is 0 Å². The van der Waals surface area contributed by atoms with Gasteiger partial charge in [-0.25, -0.2) is 9.78 Å². The number of aromatic nitrogens is 1. The molecule has 3 N–H and O–H groups in total. The van der Waals surface area contributed by atoms with Gasteiger partial charge in [0.2, 0.25) is 0 Å². The van der Waals surface area contributed by atoms with Gasteiger partial charge in [0.25, 0.3) is 0 Å². The summed E-state index contributed by atoms with van der Waals surface area (Å²) in [5.74, 6) is 6.01. The van der Waals surface area contributed by atoms with Crippen molar-refractivity contribution in [3.63, 3.8) is 0 Å². The predicted molar refractivity (Wildman–Crippen MR) is 81.9 cm³/mol. The van der Waals surface area contributed by atoms with Gasteiger partial charge in [-0.2, -0.15) is 0 Å². The first-order valence-electron chi connectivity index (χ1n) is 6.48. The number of rotatable bonds is 3. The van der Waals surface area contributed by atoms with Crippen LogP contribution in [0.25, 0.3) is 0 Å². The lowest BCUT2D eigenvalue weighted by molar-refractivity contribution is 0.262. The molecule has 0 unspecified atom stereocenters. The number of amides is 2. The molecule has 1 aromatic heterocycles. The van der Waals surface area contributed by atoms with Gasteiger partial charge in [0.1, 0.15) is 11.5 Å². The zero-order valence-electron chi connectivity index (χ0n) is 11.3. The van der Waals surface area contributed by atoms with Crippen molar-refractivity contribution in [1.82, 2.24) is 4.98 Å². The molecule has 0 radical (unpaired) electrons. The van der Waals surface area contributed by atoms with Gasteiger partial charge in [-0.15, -0.1) is 0 Å². The molecule has 0 atom stereocenters. The Balaban J connectivity index is 1.98. The van der Waals surface area contributed by atoms with Crippen LogP contribution in [0.2, 0.25) is 0 Å². The summed E-state index contributed by atoms with van der Waals surface area (Å²) >= 11 is 0. The highest BCUT2D eigenvalue weighted by molar-refractivity contribution is 5.99. The molecule has 5 heteroatoms. The van der Waals surface area contributed by atoms with Gasteiger partial charge in [-0.3, -0.25) is 5.32 Å². The molecule has 0 spiro atoms. The summed E-state index contributed by atoms with van der Waals surface area (Å²) in [5, 5.41) is 14.0. The number of pyridine rings is 1. The Morgan fingerprint density at radius 2 is 1.90 bits per heavy atom. The van der Waals surface area contributed by atoms with E-state index in [4.69, 9.17) is 5.11 Å². The van der Waals surface area contributed by atoms with E-state index in [0.29, 0.717) is 23.6 Å². The monoisotopic (exact) mass is 281 g/mol. The molecular formula is C16H15N3O2. The van der Waals surface area contributed by atoms with Crippen molar-refractivity contribution < 1.29 is 9.90 Å². The number of aliphatic hydroxyl groups excluding tert-OH is 1. The largest absolute Gasteiger partial charge is 0.395 e. The van der Waals surface area contributed by atoms with Crippen LogP contribution in [0.5, 0.6) is 0 Å². The SMILES string of the molecule is O=C(Nc1ccccc1)Nc1cccc(C#CCCO)n1. The number of nitrogens with zero attached hydrogens (tertiary/aromatic N) is 1. The third-order valence-electron chi connectivity index (χ3n) is 2.48. The molecule has 0 saturated heterocycles. The quantitative estimate of drug-likeness (QED) is 0.757. The number of hydrogen-bond acceptors (Lipinski definition) is 3. The standard InChI is InChI=1S/C16H15N3O2/c20-12-5-4-9-13-10-6-11-15(17-13)19-16(21)18-14-7-2-1-3-8-14/h1-3,6-8,10-11,20H,5,12H2,(H2,17,18,19,21). The van der Waals surface area contributed by atoms with Crippen LogP contribution in [0.4, 0.5) is 16.3 Å². The second-order valence-electron chi connectivity index (χ2n) is 4.13. The molecule has 2 rings (SSSR count).